The molecule has 1 fully saturated rings. The van der Waals surface area contributed by atoms with E-state index in [0.29, 0.717) is 0 Å². The monoisotopic (exact) mass is 210 g/mol. The van der Waals surface area contributed by atoms with Crippen molar-refractivity contribution in [1.82, 2.24) is 4.98 Å². The van der Waals surface area contributed by atoms with Gasteiger partial charge in [0.25, 0.3) is 0 Å². The van der Waals surface area contributed by atoms with Crippen LogP contribution in [0.2, 0.25) is 0 Å². The summed E-state index contributed by atoms with van der Waals surface area (Å²) in [6, 6.07) is 3.86. The fraction of sp³-hybridized carbons (Fsp3) is 0.500. The van der Waals surface area contributed by atoms with E-state index in [-0.39, 0.29) is 12.1 Å². The first kappa shape index (κ1) is 9.96. The van der Waals surface area contributed by atoms with E-state index in [9.17, 15) is 0 Å². The van der Waals surface area contributed by atoms with Gasteiger partial charge in [-0.3, -0.25) is 4.98 Å². The largest absolute Gasteiger partial charge is 0.375 e. The minimum atomic E-state index is -0.0449. The molecule has 2 rings (SSSR count). The van der Waals surface area contributed by atoms with Crippen LogP contribution in [0.3, 0.4) is 0 Å². The van der Waals surface area contributed by atoms with Crippen molar-refractivity contribution in [2.45, 2.75) is 12.1 Å². The van der Waals surface area contributed by atoms with Gasteiger partial charge in [0.2, 0.25) is 0 Å². The first-order chi connectivity index (χ1) is 6.88. The summed E-state index contributed by atoms with van der Waals surface area (Å²) >= 11 is 1.90. The maximum Gasteiger partial charge on any atom is 0.0858 e. The number of nitrogens with zero attached hydrogens (tertiary/aromatic N) is 1. The number of aromatic nitrogens is 1. The smallest absolute Gasteiger partial charge is 0.0858 e. The Morgan fingerprint density at radius 3 is 3.21 bits per heavy atom. The Bertz CT molecular complexity index is 275. The van der Waals surface area contributed by atoms with Gasteiger partial charge in [0.05, 0.1) is 18.8 Å². The number of pyridine rings is 1. The summed E-state index contributed by atoms with van der Waals surface area (Å²) in [5.41, 5.74) is 7.15. The summed E-state index contributed by atoms with van der Waals surface area (Å²) in [7, 11) is 0. The molecule has 1 aromatic heterocycles. The molecule has 4 heteroatoms. The summed E-state index contributed by atoms with van der Waals surface area (Å²) in [5.74, 6) is 2.06. The Morgan fingerprint density at radius 1 is 1.64 bits per heavy atom. The topological polar surface area (TPSA) is 48.1 Å². The molecular weight excluding hydrogens is 196 g/mol. The van der Waals surface area contributed by atoms with Crippen LogP contribution in [0.15, 0.2) is 24.5 Å². The van der Waals surface area contributed by atoms with Gasteiger partial charge in [-0.2, -0.15) is 11.8 Å². The van der Waals surface area contributed by atoms with E-state index in [1.165, 1.54) is 0 Å². The first-order valence-corrected chi connectivity index (χ1v) is 5.88. The van der Waals surface area contributed by atoms with Crippen molar-refractivity contribution >= 4 is 11.8 Å². The molecular formula is C10H14N2OS. The number of ether oxygens (including phenoxy) is 1. The molecule has 2 heterocycles. The second-order valence-corrected chi connectivity index (χ2v) is 4.45. The van der Waals surface area contributed by atoms with Crippen LogP contribution >= 0.6 is 11.8 Å². The van der Waals surface area contributed by atoms with E-state index in [1.54, 1.807) is 6.20 Å². The fourth-order valence-electron chi connectivity index (χ4n) is 1.50. The number of thioether (sulfide) groups is 1. The lowest BCUT2D eigenvalue weighted by Gasteiger charge is -2.27. The summed E-state index contributed by atoms with van der Waals surface area (Å²) in [5, 5.41) is 0. The molecule has 14 heavy (non-hydrogen) atoms. The standard InChI is InChI=1S/C10H14N2OS/c11-10(8-2-1-3-12-6-8)9-7-14-5-4-13-9/h1-3,6,9-10H,4-5,7,11H2. The van der Waals surface area contributed by atoms with Gasteiger partial charge in [-0.25, -0.2) is 0 Å². The highest BCUT2D eigenvalue weighted by Crippen LogP contribution is 2.22. The molecule has 1 aromatic rings. The van der Waals surface area contributed by atoms with E-state index in [4.69, 9.17) is 10.5 Å². The molecule has 2 unspecified atom stereocenters. The third kappa shape index (κ3) is 2.26. The van der Waals surface area contributed by atoms with Crippen molar-refractivity contribution in [3.63, 3.8) is 0 Å². The van der Waals surface area contributed by atoms with Crippen molar-refractivity contribution in [2.75, 3.05) is 18.1 Å². The van der Waals surface area contributed by atoms with Gasteiger partial charge in [0, 0.05) is 23.9 Å². The predicted octanol–water partition coefficient (Wildman–Crippen LogP) is 1.21. The van der Waals surface area contributed by atoms with E-state index in [1.807, 2.05) is 30.1 Å². The predicted molar refractivity (Wildman–Crippen MR) is 58.2 cm³/mol. The lowest BCUT2D eigenvalue weighted by Crippen LogP contribution is -2.34. The van der Waals surface area contributed by atoms with Crippen LogP contribution in [-0.4, -0.2) is 29.2 Å². The fourth-order valence-corrected chi connectivity index (χ4v) is 2.42. The normalized spacial score (nSPS) is 24.5. The molecule has 0 amide bonds. The summed E-state index contributed by atoms with van der Waals surface area (Å²) in [6.07, 6.45) is 3.71. The molecule has 1 aliphatic rings. The van der Waals surface area contributed by atoms with Crippen LogP contribution in [0, 0.1) is 0 Å². The minimum Gasteiger partial charge on any atom is -0.375 e. The Balaban J connectivity index is 2.03. The third-order valence-electron chi connectivity index (χ3n) is 2.31. The highest BCUT2D eigenvalue weighted by molar-refractivity contribution is 7.99. The maximum absolute atomic E-state index is 6.09. The molecule has 0 radical (unpaired) electrons. The molecule has 2 N–H and O–H groups in total. The van der Waals surface area contributed by atoms with Gasteiger partial charge < -0.3 is 10.5 Å². The number of nitrogens with two attached hydrogens (primary N) is 1. The van der Waals surface area contributed by atoms with Crippen molar-refractivity contribution in [2.24, 2.45) is 5.73 Å². The SMILES string of the molecule is NC(c1cccnc1)C1CSCCO1. The molecule has 2 atom stereocenters. The van der Waals surface area contributed by atoms with Crippen LogP contribution in [0.4, 0.5) is 0 Å². The molecule has 1 saturated heterocycles. The van der Waals surface area contributed by atoms with Gasteiger partial charge in [-0.1, -0.05) is 6.07 Å². The van der Waals surface area contributed by atoms with E-state index in [0.717, 1.165) is 23.7 Å². The third-order valence-corrected chi connectivity index (χ3v) is 3.33. The van der Waals surface area contributed by atoms with E-state index >= 15 is 0 Å². The molecule has 76 valence electrons. The second kappa shape index (κ2) is 4.77. The molecule has 3 nitrogen and oxygen atoms in total. The zero-order valence-corrected chi connectivity index (χ0v) is 8.74. The lowest BCUT2D eigenvalue weighted by molar-refractivity contribution is 0.0568. The quantitative estimate of drug-likeness (QED) is 0.797. The maximum atomic E-state index is 6.09. The van der Waals surface area contributed by atoms with Crippen LogP contribution in [0.5, 0.6) is 0 Å². The Morgan fingerprint density at radius 2 is 2.57 bits per heavy atom. The number of hydrogen-bond acceptors (Lipinski definition) is 4. The highest BCUT2D eigenvalue weighted by atomic mass is 32.2. The van der Waals surface area contributed by atoms with E-state index < -0.39 is 0 Å². The zero-order chi connectivity index (χ0) is 9.80. The molecule has 0 bridgehead atoms. The lowest BCUT2D eigenvalue weighted by atomic mass is 10.1. The van der Waals surface area contributed by atoms with Gasteiger partial charge in [-0.05, 0) is 11.6 Å². The van der Waals surface area contributed by atoms with Gasteiger partial charge in [-0.15, -0.1) is 0 Å². The molecule has 0 aromatic carbocycles. The van der Waals surface area contributed by atoms with Crippen LogP contribution in [0.1, 0.15) is 11.6 Å². The average Bonchev–Trinajstić information content (AvgIpc) is 2.30. The van der Waals surface area contributed by atoms with Gasteiger partial charge in [0.15, 0.2) is 0 Å². The molecule has 0 saturated carbocycles. The van der Waals surface area contributed by atoms with Crippen LogP contribution in [-0.2, 0) is 4.74 Å². The van der Waals surface area contributed by atoms with Crippen molar-refractivity contribution < 1.29 is 4.74 Å². The van der Waals surface area contributed by atoms with Crippen molar-refractivity contribution in [3.8, 4) is 0 Å². The minimum absolute atomic E-state index is 0.0449. The highest BCUT2D eigenvalue weighted by Gasteiger charge is 2.22. The summed E-state index contributed by atoms with van der Waals surface area (Å²) < 4.78 is 5.62. The zero-order valence-electron chi connectivity index (χ0n) is 7.93. The van der Waals surface area contributed by atoms with Crippen molar-refractivity contribution in [1.29, 1.82) is 0 Å². The summed E-state index contributed by atoms with van der Waals surface area (Å²) in [4.78, 5) is 4.06. The summed E-state index contributed by atoms with van der Waals surface area (Å²) in [6.45, 7) is 0.809. The Labute approximate surface area is 88.0 Å². The van der Waals surface area contributed by atoms with Crippen molar-refractivity contribution in [3.05, 3.63) is 30.1 Å². The molecule has 1 aliphatic heterocycles. The molecule has 0 spiro atoms. The first-order valence-electron chi connectivity index (χ1n) is 4.73. The second-order valence-electron chi connectivity index (χ2n) is 3.30. The van der Waals surface area contributed by atoms with Crippen LogP contribution in [0.25, 0.3) is 0 Å². The molecule has 0 aliphatic carbocycles. The van der Waals surface area contributed by atoms with Gasteiger partial charge >= 0.3 is 0 Å². The van der Waals surface area contributed by atoms with Gasteiger partial charge in [0.1, 0.15) is 0 Å². The van der Waals surface area contributed by atoms with Crippen LogP contribution < -0.4 is 5.73 Å². The van der Waals surface area contributed by atoms with E-state index in [2.05, 4.69) is 4.98 Å². The Hall–Kier alpha value is -0.580. The Kier molecular flexibility index (Phi) is 3.39. The number of rotatable bonds is 2. The average molecular weight is 210 g/mol. The number of hydrogen-bond donors (Lipinski definition) is 1.